The van der Waals surface area contributed by atoms with Crippen molar-refractivity contribution >= 4 is 35.0 Å². The fourth-order valence-electron chi connectivity index (χ4n) is 1.49. The zero-order valence-electron chi connectivity index (χ0n) is 9.88. The Hall–Kier alpha value is -1.78. The molecule has 2 aromatic rings. The van der Waals surface area contributed by atoms with Gasteiger partial charge >= 0.3 is 5.97 Å². The molecule has 0 saturated carbocycles. The Labute approximate surface area is 119 Å². The lowest BCUT2D eigenvalue weighted by Gasteiger charge is -2.07. The summed E-state index contributed by atoms with van der Waals surface area (Å²) in [5.74, 6) is -0.343. The monoisotopic (exact) mass is 294 g/mol. The lowest BCUT2D eigenvalue weighted by atomic mass is 10.2. The van der Waals surface area contributed by atoms with Crippen LogP contribution in [0.1, 0.15) is 10.4 Å². The molecule has 5 heteroatoms. The number of ether oxygens (including phenoxy) is 1. The Morgan fingerprint density at radius 2 is 2.11 bits per heavy atom. The van der Waals surface area contributed by atoms with Crippen molar-refractivity contribution in [3.63, 3.8) is 0 Å². The summed E-state index contributed by atoms with van der Waals surface area (Å²) in [4.78, 5) is 11.5. The predicted molar refractivity (Wildman–Crippen MR) is 76.8 cm³/mol. The van der Waals surface area contributed by atoms with Gasteiger partial charge in [-0.15, -0.1) is 11.3 Å². The molecule has 0 aliphatic heterocycles. The van der Waals surface area contributed by atoms with Gasteiger partial charge in [-0.3, -0.25) is 0 Å². The number of benzene rings is 1. The van der Waals surface area contributed by atoms with E-state index in [9.17, 15) is 4.79 Å². The summed E-state index contributed by atoms with van der Waals surface area (Å²) < 4.78 is 6.40. The molecule has 0 saturated heterocycles. The molecule has 1 aromatic heterocycles. The largest absolute Gasteiger partial charge is 0.487 e. The van der Waals surface area contributed by atoms with Gasteiger partial charge in [0, 0.05) is 16.5 Å². The van der Waals surface area contributed by atoms with E-state index in [0.29, 0.717) is 12.4 Å². The first kappa shape index (κ1) is 13.6. The summed E-state index contributed by atoms with van der Waals surface area (Å²) in [6.45, 7) is 0.412. The highest BCUT2D eigenvalue weighted by Crippen LogP contribution is 2.25. The van der Waals surface area contributed by atoms with Gasteiger partial charge in [0.15, 0.2) is 0 Å². The number of aliphatic carboxylic acids is 1. The number of rotatable bonds is 5. The maximum atomic E-state index is 10.5. The van der Waals surface area contributed by atoms with Gasteiger partial charge in [0.05, 0.1) is 4.34 Å². The first-order chi connectivity index (χ1) is 9.15. The lowest BCUT2D eigenvalue weighted by Crippen LogP contribution is -1.95. The van der Waals surface area contributed by atoms with Gasteiger partial charge < -0.3 is 9.84 Å². The number of hydrogen-bond donors (Lipinski definition) is 1. The summed E-state index contributed by atoms with van der Waals surface area (Å²) in [6.07, 6.45) is 2.60. The summed E-state index contributed by atoms with van der Waals surface area (Å²) >= 11 is 7.30. The van der Waals surface area contributed by atoms with Gasteiger partial charge in [0.25, 0.3) is 0 Å². The lowest BCUT2D eigenvalue weighted by molar-refractivity contribution is -0.131. The van der Waals surface area contributed by atoms with Crippen molar-refractivity contribution in [1.82, 2.24) is 0 Å². The van der Waals surface area contributed by atoms with Crippen LogP contribution >= 0.6 is 22.9 Å². The van der Waals surface area contributed by atoms with Gasteiger partial charge in [-0.25, -0.2) is 4.79 Å². The van der Waals surface area contributed by atoms with Gasteiger partial charge in [-0.05, 0) is 24.3 Å². The van der Waals surface area contributed by atoms with Crippen LogP contribution in [0.3, 0.4) is 0 Å². The van der Waals surface area contributed by atoms with Crippen LogP contribution in [0.4, 0.5) is 0 Å². The average molecular weight is 295 g/mol. The fraction of sp³-hybridized carbons (Fsp3) is 0.0714. The third-order valence-electron chi connectivity index (χ3n) is 2.32. The summed E-state index contributed by atoms with van der Waals surface area (Å²) in [7, 11) is 0. The van der Waals surface area contributed by atoms with E-state index < -0.39 is 5.97 Å². The van der Waals surface area contributed by atoms with E-state index in [4.69, 9.17) is 21.4 Å². The first-order valence-electron chi connectivity index (χ1n) is 5.52. The molecule has 0 aliphatic carbocycles. The van der Waals surface area contributed by atoms with Crippen molar-refractivity contribution in [2.45, 2.75) is 6.61 Å². The summed E-state index contributed by atoms with van der Waals surface area (Å²) in [5.41, 5.74) is 0.729. The molecule has 2 rings (SSSR count). The van der Waals surface area contributed by atoms with Crippen molar-refractivity contribution in [2.75, 3.05) is 0 Å². The van der Waals surface area contributed by atoms with Gasteiger partial charge in [-0.2, -0.15) is 0 Å². The van der Waals surface area contributed by atoms with Crippen LogP contribution in [0.2, 0.25) is 4.34 Å². The molecular weight excluding hydrogens is 284 g/mol. The maximum absolute atomic E-state index is 10.5. The second-order valence-corrected chi connectivity index (χ2v) is 5.50. The zero-order chi connectivity index (χ0) is 13.7. The Kier molecular flexibility index (Phi) is 4.60. The van der Waals surface area contributed by atoms with Crippen LogP contribution in [0.15, 0.2) is 42.5 Å². The third kappa shape index (κ3) is 4.12. The van der Waals surface area contributed by atoms with E-state index in [1.807, 2.05) is 24.3 Å². The standard InChI is InChI=1S/C14H11ClO3S/c15-13-7-6-11(19-13)9-18-12-4-2-1-3-10(12)5-8-14(16)17/h1-8H,9H2,(H,16,17)/b8-5+. The van der Waals surface area contributed by atoms with Crippen LogP contribution in [0, 0.1) is 0 Å². The molecule has 0 atom stereocenters. The molecule has 0 aliphatic rings. The van der Waals surface area contributed by atoms with Gasteiger partial charge in [-0.1, -0.05) is 29.8 Å². The van der Waals surface area contributed by atoms with Crippen molar-refractivity contribution in [1.29, 1.82) is 0 Å². The molecule has 0 fully saturated rings. The van der Waals surface area contributed by atoms with Crippen LogP contribution in [-0.2, 0) is 11.4 Å². The van der Waals surface area contributed by atoms with Crippen molar-refractivity contribution in [3.05, 3.63) is 57.3 Å². The molecule has 0 spiro atoms. The first-order valence-corrected chi connectivity index (χ1v) is 6.71. The molecule has 1 N–H and O–H groups in total. The van der Waals surface area contributed by atoms with Crippen LogP contribution in [0.25, 0.3) is 6.08 Å². The minimum Gasteiger partial charge on any atom is -0.487 e. The minimum absolute atomic E-state index is 0.412. The molecule has 1 aromatic carbocycles. The molecule has 1 heterocycles. The van der Waals surface area contributed by atoms with Crippen molar-refractivity contribution in [3.8, 4) is 5.75 Å². The maximum Gasteiger partial charge on any atom is 0.328 e. The van der Waals surface area contributed by atoms with E-state index in [2.05, 4.69) is 0 Å². The Morgan fingerprint density at radius 1 is 1.32 bits per heavy atom. The molecule has 0 unspecified atom stereocenters. The topological polar surface area (TPSA) is 46.5 Å². The number of para-hydroxylation sites is 1. The molecule has 0 amide bonds. The molecule has 98 valence electrons. The van der Waals surface area contributed by atoms with Crippen molar-refractivity contribution in [2.24, 2.45) is 0 Å². The molecule has 3 nitrogen and oxygen atoms in total. The van der Waals surface area contributed by atoms with E-state index in [-0.39, 0.29) is 0 Å². The van der Waals surface area contributed by atoms with Gasteiger partial charge in [0.2, 0.25) is 0 Å². The van der Waals surface area contributed by atoms with Crippen LogP contribution in [0.5, 0.6) is 5.75 Å². The molecule has 19 heavy (non-hydrogen) atoms. The minimum atomic E-state index is -0.986. The number of carbonyl (C=O) groups is 1. The van der Waals surface area contributed by atoms with E-state index in [1.54, 1.807) is 12.1 Å². The van der Waals surface area contributed by atoms with E-state index >= 15 is 0 Å². The summed E-state index contributed by atoms with van der Waals surface area (Å²) in [5, 5.41) is 8.64. The molecule has 0 bridgehead atoms. The third-order valence-corrected chi connectivity index (χ3v) is 3.53. The highest BCUT2D eigenvalue weighted by molar-refractivity contribution is 7.16. The second-order valence-electron chi connectivity index (χ2n) is 3.70. The SMILES string of the molecule is O=C(O)/C=C/c1ccccc1OCc1ccc(Cl)s1. The number of thiophene rings is 1. The Morgan fingerprint density at radius 3 is 2.79 bits per heavy atom. The summed E-state index contributed by atoms with van der Waals surface area (Å²) in [6, 6.07) is 11.0. The Balaban J connectivity index is 2.09. The number of carboxylic acid groups (broad SMARTS) is 1. The fourth-order valence-corrected chi connectivity index (χ4v) is 2.49. The highest BCUT2D eigenvalue weighted by atomic mass is 35.5. The average Bonchev–Trinajstić information content (AvgIpc) is 2.80. The normalized spacial score (nSPS) is 10.8. The number of hydrogen-bond acceptors (Lipinski definition) is 3. The van der Waals surface area contributed by atoms with Gasteiger partial charge in [0.1, 0.15) is 12.4 Å². The molecular formula is C14H11ClO3S. The predicted octanol–water partition coefficient (Wildman–Crippen LogP) is 4.08. The number of carboxylic acids is 1. The zero-order valence-corrected chi connectivity index (χ0v) is 11.4. The van der Waals surface area contributed by atoms with Crippen LogP contribution < -0.4 is 4.74 Å². The quantitative estimate of drug-likeness (QED) is 0.845. The Bertz CT molecular complexity index is 604. The highest BCUT2D eigenvalue weighted by Gasteiger charge is 2.03. The van der Waals surface area contributed by atoms with Crippen LogP contribution in [-0.4, -0.2) is 11.1 Å². The van der Waals surface area contributed by atoms with Crippen molar-refractivity contribution < 1.29 is 14.6 Å². The second kappa shape index (κ2) is 6.41. The molecule has 0 radical (unpaired) electrons. The van der Waals surface area contributed by atoms with E-state index in [1.165, 1.54) is 17.4 Å². The number of halogens is 1. The smallest absolute Gasteiger partial charge is 0.328 e. The van der Waals surface area contributed by atoms with E-state index in [0.717, 1.165) is 20.9 Å².